The first-order valence-corrected chi connectivity index (χ1v) is 5.29. The minimum atomic E-state index is 0.219. The van der Waals surface area contributed by atoms with Crippen molar-refractivity contribution in [1.82, 2.24) is 20.2 Å². The van der Waals surface area contributed by atoms with Gasteiger partial charge in [-0.15, -0.1) is 16.7 Å². The molecule has 15 heavy (non-hydrogen) atoms. The van der Waals surface area contributed by atoms with E-state index in [2.05, 4.69) is 15.5 Å². The van der Waals surface area contributed by atoms with Crippen molar-refractivity contribution in [1.29, 1.82) is 0 Å². The Bertz CT molecular complexity index is 462. The molecule has 0 fully saturated rings. The predicted molar refractivity (Wildman–Crippen MR) is 58.7 cm³/mol. The molecule has 0 spiro atoms. The molecule has 78 valence electrons. The van der Waals surface area contributed by atoms with Gasteiger partial charge in [0.05, 0.1) is 11.6 Å². The lowest BCUT2D eigenvalue weighted by Gasteiger charge is -2.03. The monoisotopic (exact) mass is 262 g/mol. The molecule has 0 radical (unpaired) electrons. The summed E-state index contributed by atoms with van der Waals surface area (Å²) < 4.78 is 1.49. The number of aromatic nitrogens is 4. The quantitative estimate of drug-likeness (QED) is 0.783. The van der Waals surface area contributed by atoms with Gasteiger partial charge in [-0.3, -0.25) is 0 Å². The number of hydrogen-bond acceptors (Lipinski definition) is 3. The van der Waals surface area contributed by atoms with Gasteiger partial charge in [-0.25, -0.2) is 0 Å². The lowest BCUT2D eigenvalue weighted by atomic mass is 10.3. The van der Waals surface area contributed by atoms with Gasteiger partial charge in [0.15, 0.2) is 5.82 Å². The zero-order valence-electron chi connectivity index (χ0n) is 7.36. The van der Waals surface area contributed by atoms with E-state index in [1.54, 1.807) is 18.2 Å². The summed E-state index contributed by atoms with van der Waals surface area (Å²) in [5.74, 6) is 0.756. The lowest BCUT2D eigenvalue weighted by molar-refractivity contribution is 0.777. The van der Waals surface area contributed by atoms with Crippen LogP contribution in [0.3, 0.4) is 0 Å². The minimum absolute atomic E-state index is 0.219. The summed E-state index contributed by atoms with van der Waals surface area (Å²) >= 11 is 17.4. The van der Waals surface area contributed by atoms with Crippen molar-refractivity contribution in [2.45, 2.75) is 5.88 Å². The Morgan fingerprint density at radius 1 is 1.13 bits per heavy atom. The molecular weight excluding hydrogens is 258 g/mol. The van der Waals surface area contributed by atoms with E-state index >= 15 is 0 Å². The van der Waals surface area contributed by atoms with E-state index < -0.39 is 0 Å². The van der Waals surface area contributed by atoms with Gasteiger partial charge in [0.25, 0.3) is 0 Å². The average molecular weight is 264 g/mol. The first kappa shape index (κ1) is 10.7. The van der Waals surface area contributed by atoms with Crippen LogP contribution in [-0.2, 0) is 5.88 Å². The molecule has 0 amide bonds. The fourth-order valence-electron chi connectivity index (χ4n) is 1.15. The number of benzene rings is 1. The van der Waals surface area contributed by atoms with Crippen molar-refractivity contribution in [2.75, 3.05) is 0 Å². The summed E-state index contributed by atoms with van der Waals surface area (Å²) in [4.78, 5) is 0. The molecule has 1 aromatic heterocycles. The second-order valence-electron chi connectivity index (χ2n) is 2.77. The molecule has 0 aliphatic heterocycles. The van der Waals surface area contributed by atoms with Crippen LogP contribution in [0.4, 0.5) is 0 Å². The third-order valence-corrected chi connectivity index (χ3v) is 2.42. The van der Waals surface area contributed by atoms with Gasteiger partial charge < -0.3 is 0 Å². The first-order valence-electron chi connectivity index (χ1n) is 4.00. The maximum Gasteiger partial charge on any atom is 0.171 e. The third kappa shape index (κ3) is 2.22. The molecule has 4 nitrogen and oxygen atoms in total. The van der Waals surface area contributed by atoms with Crippen LogP contribution in [0, 0.1) is 0 Å². The number of tetrazole rings is 1. The number of nitrogens with zero attached hydrogens (tertiary/aromatic N) is 4. The maximum absolute atomic E-state index is 5.86. The molecule has 0 saturated heterocycles. The van der Waals surface area contributed by atoms with Gasteiger partial charge in [-0.2, -0.15) is 4.68 Å². The highest BCUT2D eigenvalue weighted by Gasteiger charge is 2.08. The van der Waals surface area contributed by atoms with E-state index in [9.17, 15) is 0 Å². The van der Waals surface area contributed by atoms with Crippen LogP contribution in [0.2, 0.25) is 10.0 Å². The van der Waals surface area contributed by atoms with Gasteiger partial charge in [0.2, 0.25) is 0 Å². The van der Waals surface area contributed by atoms with Crippen LogP contribution >= 0.6 is 34.8 Å². The number of rotatable bonds is 2. The van der Waals surface area contributed by atoms with Gasteiger partial charge in [0.1, 0.15) is 0 Å². The van der Waals surface area contributed by atoms with E-state index in [1.807, 2.05) is 0 Å². The van der Waals surface area contributed by atoms with E-state index in [4.69, 9.17) is 34.8 Å². The van der Waals surface area contributed by atoms with Crippen LogP contribution in [0.15, 0.2) is 18.2 Å². The molecule has 2 rings (SSSR count). The number of hydrogen-bond donors (Lipinski definition) is 0. The molecule has 0 N–H and O–H groups in total. The van der Waals surface area contributed by atoms with E-state index in [-0.39, 0.29) is 5.88 Å². The Balaban J connectivity index is 2.53. The van der Waals surface area contributed by atoms with Crippen LogP contribution in [0.5, 0.6) is 0 Å². The second kappa shape index (κ2) is 4.35. The van der Waals surface area contributed by atoms with Gasteiger partial charge in [-0.1, -0.05) is 23.2 Å². The third-order valence-electron chi connectivity index (χ3n) is 1.75. The van der Waals surface area contributed by atoms with Crippen molar-refractivity contribution in [3.8, 4) is 5.69 Å². The van der Waals surface area contributed by atoms with Crippen molar-refractivity contribution in [3.63, 3.8) is 0 Å². The Morgan fingerprint density at radius 3 is 2.40 bits per heavy atom. The highest BCUT2D eigenvalue weighted by Crippen LogP contribution is 2.21. The normalized spacial score (nSPS) is 10.6. The van der Waals surface area contributed by atoms with E-state index in [0.717, 1.165) is 0 Å². The summed E-state index contributed by atoms with van der Waals surface area (Å²) in [7, 11) is 0. The predicted octanol–water partition coefficient (Wildman–Crippen LogP) is 2.71. The van der Waals surface area contributed by atoms with Crippen molar-refractivity contribution < 1.29 is 0 Å². The van der Waals surface area contributed by atoms with Crippen molar-refractivity contribution >= 4 is 34.8 Å². The molecule has 0 aliphatic rings. The highest BCUT2D eigenvalue weighted by atomic mass is 35.5. The standard InChI is InChI=1S/C8H5Cl3N4/c9-4-8-12-13-14-15(8)7-2-5(10)1-6(11)3-7/h1-3H,4H2. The molecule has 7 heteroatoms. The van der Waals surface area contributed by atoms with Crippen molar-refractivity contribution in [2.24, 2.45) is 0 Å². The molecule has 0 atom stereocenters. The Hall–Kier alpha value is -0.840. The van der Waals surface area contributed by atoms with Crippen molar-refractivity contribution in [3.05, 3.63) is 34.1 Å². The molecular formula is C8H5Cl3N4. The molecule has 0 aliphatic carbocycles. The van der Waals surface area contributed by atoms with Crippen LogP contribution < -0.4 is 0 Å². The summed E-state index contributed by atoms with van der Waals surface area (Å²) in [5.41, 5.74) is 0.688. The second-order valence-corrected chi connectivity index (χ2v) is 3.91. The minimum Gasteiger partial charge on any atom is -0.196 e. The zero-order chi connectivity index (χ0) is 10.8. The summed E-state index contributed by atoms with van der Waals surface area (Å²) in [6.45, 7) is 0. The summed E-state index contributed by atoms with van der Waals surface area (Å²) in [5, 5.41) is 12.1. The Morgan fingerprint density at radius 2 is 1.80 bits per heavy atom. The average Bonchev–Trinajstić information content (AvgIpc) is 2.63. The SMILES string of the molecule is ClCc1nnnn1-c1cc(Cl)cc(Cl)c1. The largest absolute Gasteiger partial charge is 0.196 e. The lowest BCUT2D eigenvalue weighted by Crippen LogP contribution is -2.01. The number of halogens is 3. The fraction of sp³-hybridized carbons (Fsp3) is 0.125. The summed E-state index contributed by atoms with van der Waals surface area (Å²) in [6, 6.07) is 5.05. The first-order chi connectivity index (χ1) is 7.20. The van der Waals surface area contributed by atoms with Gasteiger partial charge in [0, 0.05) is 10.0 Å². The topological polar surface area (TPSA) is 43.6 Å². The molecule has 1 heterocycles. The highest BCUT2D eigenvalue weighted by molar-refractivity contribution is 6.34. The van der Waals surface area contributed by atoms with Gasteiger partial charge in [-0.05, 0) is 28.6 Å². The molecule has 2 aromatic rings. The Labute approximate surface area is 101 Å². The van der Waals surface area contributed by atoms with E-state index in [1.165, 1.54) is 4.68 Å². The number of alkyl halides is 1. The molecule has 0 unspecified atom stereocenters. The maximum atomic E-state index is 5.86. The molecule has 1 aromatic carbocycles. The Kier molecular flexibility index (Phi) is 3.09. The van der Waals surface area contributed by atoms with Crippen LogP contribution in [0.25, 0.3) is 5.69 Å². The fourth-order valence-corrected chi connectivity index (χ4v) is 1.83. The van der Waals surface area contributed by atoms with E-state index in [0.29, 0.717) is 21.6 Å². The molecule has 0 bridgehead atoms. The zero-order valence-corrected chi connectivity index (χ0v) is 9.63. The molecule has 0 saturated carbocycles. The van der Waals surface area contributed by atoms with Crippen LogP contribution in [0.1, 0.15) is 5.82 Å². The smallest absolute Gasteiger partial charge is 0.171 e. The summed E-state index contributed by atoms with van der Waals surface area (Å²) in [6.07, 6.45) is 0. The van der Waals surface area contributed by atoms with Gasteiger partial charge >= 0.3 is 0 Å². The van der Waals surface area contributed by atoms with Crippen LogP contribution in [-0.4, -0.2) is 20.2 Å².